The van der Waals surface area contributed by atoms with Crippen molar-refractivity contribution >= 4 is 0 Å². The summed E-state index contributed by atoms with van der Waals surface area (Å²) < 4.78 is 6.05. The van der Waals surface area contributed by atoms with E-state index in [4.69, 9.17) is 4.74 Å². The van der Waals surface area contributed by atoms with Gasteiger partial charge in [-0.25, -0.2) is 0 Å². The zero-order valence-corrected chi connectivity index (χ0v) is 15.4. The Bertz CT molecular complexity index is 292. The number of hydrogen-bond donors (Lipinski definition) is 0. The smallest absolute Gasteiger partial charge is 0.0597 e. The van der Waals surface area contributed by atoms with Crippen LogP contribution in [0.4, 0.5) is 0 Å². The third-order valence-electron chi connectivity index (χ3n) is 5.19. The summed E-state index contributed by atoms with van der Waals surface area (Å²) >= 11 is 0. The molecule has 0 amide bonds. The summed E-state index contributed by atoms with van der Waals surface area (Å²) in [7, 11) is 0. The molecule has 0 unspecified atom stereocenters. The van der Waals surface area contributed by atoms with Crippen molar-refractivity contribution in [1.29, 1.82) is 0 Å². The number of rotatable bonds is 9. The Morgan fingerprint density at radius 2 is 1.55 bits per heavy atom. The van der Waals surface area contributed by atoms with Crippen LogP contribution in [0.3, 0.4) is 0 Å². The lowest BCUT2D eigenvalue weighted by atomic mass is 9.78. The quantitative estimate of drug-likeness (QED) is 0.648. The van der Waals surface area contributed by atoms with Crippen molar-refractivity contribution in [3.05, 3.63) is 0 Å². The molecule has 0 aromatic rings. The van der Waals surface area contributed by atoms with Gasteiger partial charge in [0.2, 0.25) is 0 Å². The molecular formula is C19H38N2O. The summed E-state index contributed by atoms with van der Waals surface area (Å²) in [6.07, 6.45) is 6.00. The van der Waals surface area contributed by atoms with Crippen LogP contribution in [-0.4, -0.2) is 61.8 Å². The minimum absolute atomic E-state index is 0.569. The average molecular weight is 311 g/mol. The Labute approximate surface area is 138 Å². The highest BCUT2D eigenvalue weighted by Crippen LogP contribution is 2.34. The van der Waals surface area contributed by atoms with Crippen LogP contribution >= 0.6 is 0 Å². The van der Waals surface area contributed by atoms with E-state index in [0.29, 0.717) is 6.10 Å². The molecule has 0 atom stereocenters. The topological polar surface area (TPSA) is 15.7 Å². The molecule has 0 N–H and O–H groups in total. The van der Waals surface area contributed by atoms with Crippen molar-refractivity contribution in [2.24, 2.45) is 17.8 Å². The summed E-state index contributed by atoms with van der Waals surface area (Å²) in [5, 5.41) is 0. The first-order valence-electron chi connectivity index (χ1n) is 9.59. The van der Waals surface area contributed by atoms with Crippen LogP contribution < -0.4 is 0 Å². The van der Waals surface area contributed by atoms with Gasteiger partial charge in [0.1, 0.15) is 0 Å². The van der Waals surface area contributed by atoms with Crippen molar-refractivity contribution in [3.8, 4) is 0 Å². The van der Waals surface area contributed by atoms with Gasteiger partial charge in [-0.2, -0.15) is 0 Å². The number of hydrogen-bond acceptors (Lipinski definition) is 3. The normalized spacial score (nSPS) is 27.5. The van der Waals surface area contributed by atoms with E-state index >= 15 is 0 Å². The van der Waals surface area contributed by atoms with Crippen LogP contribution in [0.5, 0.6) is 0 Å². The standard InChI is InChI=1S/C19H38N2O/c1-16(2)5-6-18-13-19(14-18)22-12-11-20-7-9-21(10-8-20)15-17(3)4/h16-19H,5-15H2,1-4H3. The maximum absolute atomic E-state index is 6.05. The molecule has 0 bridgehead atoms. The first kappa shape index (κ1) is 18.2. The van der Waals surface area contributed by atoms with Gasteiger partial charge in [-0.05, 0) is 30.6 Å². The maximum atomic E-state index is 6.05. The fourth-order valence-electron chi connectivity index (χ4n) is 3.68. The zero-order valence-electron chi connectivity index (χ0n) is 15.4. The number of piperazine rings is 1. The number of nitrogens with zero attached hydrogens (tertiary/aromatic N) is 2. The molecular weight excluding hydrogens is 272 g/mol. The predicted molar refractivity (Wildman–Crippen MR) is 94.3 cm³/mol. The molecule has 1 aliphatic carbocycles. The Morgan fingerprint density at radius 3 is 2.14 bits per heavy atom. The third-order valence-corrected chi connectivity index (χ3v) is 5.19. The summed E-state index contributed by atoms with van der Waals surface area (Å²) in [5.74, 6) is 2.60. The minimum atomic E-state index is 0.569. The van der Waals surface area contributed by atoms with Crippen LogP contribution in [0.25, 0.3) is 0 Å². The lowest BCUT2D eigenvalue weighted by Gasteiger charge is -2.38. The second kappa shape index (κ2) is 9.24. The second-order valence-corrected chi connectivity index (χ2v) is 8.34. The summed E-state index contributed by atoms with van der Waals surface area (Å²) in [6.45, 7) is 17.5. The van der Waals surface area contributed by atoms with E-state index < -0.39 is 0 Å². The predicted octanol–water partition coefficient (Wildman–Crippen LogP) is 3.49. The second-order valence-electron chi connectivity index (χ2n) is 8.34. The van der Waals surface area contributed by atoms with Gasteiger partial charge in [0.05, 0.1) is 12.7 Å². The average Bonchev–Trinajstić information content (AvgIpc) is 2.41. The van der Waals surface area contributed by atoms with Crippen LogP contribution in [0.2, 0.25) is 0 Å². The van der Waals surface area contributed by atoms with Gasteiger partial charge in [-0.1, -0.05) is 40.5 Å². The van der Waals surface area contributed by atoms with Gasteiger partial charge < -0.3 is 9.64 Å². The van der Waals surface area contributed by atoms with Crippen molar-refractivity contribution in [1.82, 2.24) is 9.80 Å². The van der Waals surface area contributed by atoms with Crippen molar-refractivity contribution in [3.63, 3.8) is 0 Å². The summed E-state index contributed by atoms with van der Waals surface area (Å²) in [6, 6.07) is 0. The molecule has 2 aliphatic rings. The monoisotopic (exact) mass is 310 g/mol. The Kier molecular flexibility index (Phi) is 7.66. The molecule has 2 fully saturated rings. The van der Waals surface area contributed by atoms with Gasteiger partial charge in [-0.3, -0.25) is 4.90 Å². The first-order valence-corrected chi connectivity index (χ1v) is 9.59. The first-order chi connectivity index (χ1) is 10.5. The van der Waals surface area contributed by atoms with Crippen molar-refractivity contribution < 1.29 is 4.74 Å². The SMILES string of the molecule is CC(C)CCC1CC(OCCN2CCN(CC(C)C)CC2)C1. The van der Waals surface area contributed by atoms with Crippen LogP contribution in [-0.2, 0) is 4.74 Å². The van der Waals surface area contributed by atoms with Crippen molar-refractivity contribution in [2.45, 2.75) is 59.5 Å². The lowest BCUT2D eigenvalue weighted by molar-refractivity contribution is -0.0430. The minimum Gasteiger partial charge on any atom is -0.377 e. The Morgan fingerprint density at radius 1 is 0.909 bits per heavy atom. The highest BCUT2D eigenvalue weighted by atomic mass is 16.5. The van der Waals surface area contributed by atoms with E-state index in [2.05, 4.69) is 37.5 Å². The molecule has 1 heterocycles. The molecule has 0 spiro atoms. The van der Waals surface area contributed by atoms with Crippen LogP contribution in [0.1, 0.15) is 53.4 Å². The van der Waals surface area contributed by atoms with Gasteiger partial charge in [0.15, 0.2) is 0 Å². The fourth-order valence-corrected chi connectivity index (χ4v) is 3.68. The highest BCUT2D eigenvalue weighted by molar-refractivity contribution is 4.81. The van der Waals surface area contributed by atoms with E-state index in [9.17, 15) is 0 Å². The summed E-state index contributed by atoms with van der Waals surface area (Å²) in [4.78, 5) is 5.18. The largest absolute Gasteiger partial charge is 0.377 e. The third kappa shape index (κ3) is 6.55. The zero-order chi connectivity index (χ0) is 15.9. The van der Waals surface area contributed by atoms with Gasteiger partial charge in [0.25, 0.3) is 0 Å². The number of ether oxygens (including phenoxy) is 1. The molecule has 2 rings (SSSR count). The van der Waals surface area contributed by atoms with Gasteiger partial charge in [0, 0.05) is 39.3 Å². The Balaban J connectivity index is 1.46. The van der Waals surface area contributed by atoms with Crippen LogP contribution in [0.15, 0.2) is 0 Å². The molecule has 130 valence electrons. The molecule has 1 saturated heterocycles. The fraction of sp³-hybridized carbons (Fsp3) is 1.00. The molecule has 0 radical (unpaired) electrons. The molecule has 1 aliphatic heterocycles. The summed E-state index contributed by atoms with van der Waals surface area (Å²) in [5.41, 5.74) is 0. The molecule has 1 saturated carbocycles. The maximum Gasteiger partial charge on any atom is 0.0597 e. The molecule has 3 nitrogen and oxygen atoms in total. The van der Waals surface area contributed by atoms with Gasteiger partial charge in [-0.15, -0.1) is 0 Å². The van der Waals surface area contributed by atoms with Crippen molar-refractivity contribution in [2.75, 3.05) is 45.9 Å². The van der Waals surface area contributed by atoms with Crippen LogP contribution in [0, 0.1) is 17.8 Å². The van der Waals surface area contributed by atoms with E-state index in [1.807, 2.05) is 0 Å². The van der Waals surface area contributed by atoms with E-state index in [0.717, 1.165) is 30.9 Å². The van der Waals surface area contributed by atoms with E-state index in [1.54, 1.807) is 0 Å². The highest BCUT2D eigenvalue weighted by Gasteiger charge is 2.29. The molecule has 0 aromatic heterocycles. The lowest BCUT2D eigenvalue weighted by Crippen LogP contribution is -2.48. The molecule has 22 heavy (non-hydrogen) atoms. The molecule has 3 heteroatoms. The van der Waals surface area contributed by atoms with E-state index in [1.165, 1.54) is 58.4 Å². The van der Waals surface area contributed by atoms with E-state index in [-0.39, 0.29) is 0 Å². The molecule has 0 aromatic carbocycles. The Hall–Kier alpha value is -0.120. The van der Waals surface area contributed by atoms with Gasteiger partial charge >= 0.3 is 0 Å².